The number of H-pyrrole nitrogens is 1. The number of aliphatic hydroxyl groups is 1. The highest BCUT2D eigenvalue weighted by atomic mass is 31.2. The van der Waals surface area contributed by atoms with Crippen molar-refractivity contribution in [2.24, 2.45) is 0 Å². The van der Waals surface area contributed by atoms with Gasteiger partial charge >= 0.3 is 19.4 Å². The maximum atomic E-state index is 14.7. The first-order valence-electron chi connectivity index (χ1n) is 10.8. The standard InChI is InChI=1S/C21H27FN3O9P/c1-12(2)32-20(28)13(3)24-35(30,34-14-7-5-4-6-8-14)31-11-15-18(27)17(22)19(33-15)25-10-9-16(26)23-21(25)29/h4-10,12-13,15,17-19,27H,11H2,1-3H3,(H,24,30)(H,23,26,29)/t13-,15+,17?,18?,19+,35+/m0/s1. The van der Waals surface area contributed by atoms with E-state index in [1.165, 1.54) is 19.1 Å². The molecule has 0 amide bonds. The van der Waals surface area contributed by atoms with Crippen LogP contribution in [0.15, 0.2) is 52.2 Å². The van der Waals surface area contributed by atoms with Crippen molar-refractivity contribution in [2.75, 3.05) is 6.61 Å². The van der Waals surface area contributed by atoms with Crippen molar-refractivity contribution in [1.29, 1.82) is 0 Å². The number of hydrogen-bond acceptors (Lipinski definition) is 9. The van der Waals surface area contributed by atoms with Gasteiger partial charge < -0.3 is 19.1 Å². The Morgan fingerprint density at radius 1 is 1.26 bits per heavy atom. The first kappa shape index (κ1) is 26.8. The molecule has 0 spiro atoms. The number of alkyl halides is 1. The zero-order valence-corrected chi connectivity index (χ0v) is 20.1. The van der Waals surface area contributed by atoms with E-state index >= 15 is 0 Å². The molecule has 35 heavy (non-hydrogen) atoms. The lowest BCUT2D eigenvalue weighted by Crippen LogP contribution is -2.37. The minimum atomic E-state index is -4.28. The molecule has 12 nitrogen and oxygen atoms in total. The van der Waals surface area contributed by atoms with Crippen LogP contribution in [0.1, 0.15) is 27.0 Å². The van der Waals surface area contributed by atoms with Gasteiger partial charge in [0.2, 0.25) is 0 Å². The number of hydrogen-bond donors (Lipinski definition) is 3. The van der Waals surface area contributed by atoms with Crippen molar-refractivity contribution in [3.05, 3.63) is 63.4 Å². The summed E-state index contributed by atoms with van der Waals surface area (Å²) >= 11 is 0. The fraction of sp³-hybridized carbons (Fsp3) is 0.476. The molecule has 2 unspecified atom stereocenters. The van der Waals surface area contributed by atoms with Crippen LogP contribution in [0.4, 0.5) is 4.39 Å². The van der Waals surface area contributed by atoms with Gasteiger partial charge in [-0.05, 0) is 32.9 Å². The zero-order chi connectivity index (χ0) is 25.8. The number of aliphatic hydroxyl groups excluding tert-OH is 1. The molecule has 1 fully saturated rings. The van der Waals surface area contributed by atoms with Gasteiger partial charge in [-0.25, -0.2) is 13.8 Å². The summed E-state index contributed by atoms with van der Waals surface area (Å²) in [5.41, 5.74) is -1.62. The Bertz CT molecular complexity index is 1170. The molecule has 0 bridgehead atoms. The van der Waals surface area contributed by atoms with Gasteiger partial charge in [-0.1, -0.05) is 18.2 Å². The van der Waals surface area contributed by atoms with Gasteiger partial charge in [0.25, 0.3) is 5.56 Å². The van der Waals surface area contributed by atoms with E-state index in [0.717, 1.165) is 16.8 Å². The molecular weight excluding hydrogens is 488 g/mol. The third-order valence-corrected chi connectivity index (χ3v) is 6.50. The van der Waals surface area contributed by atoms with Crippen molar-refractivity contribution >= 4 is 13.7 Å². The van der Waals surface area contributed by atoms with E-state index in [0.29, 0.717) is 0 Å². The Kier molecular flexibility index (Phi) is 8.62. The number of carbonyl (C=O) groups excluding carboxylic acids is 1. The number of benzene rings is 1. The number of aromatic amines is 1. The Labute approximate surface area is 199 Å². The summed E-state index contributed by atoms with van der Waals surface area (Å²) in [5.74, 6) is -0.555. The van der Waals surface area contributed by atoms with Crippen LogP contribution in [0.2, 0.25) is 0 Å². The van der Waals surface area contributed by atoms with Crippen LogP contribution in [0.3, 0.4) is 0 Å². The van der Waals surface area contributed by atoms with Crippen LogP contribution in [0, 0.1) is 0 Å². The zero-order valence-electron chi connectivity index (χ0n) is 19.2. The predicted molar refractivity (Wildman–Crippen MR) is 121 cm³/mol. The first-order chi connectivity index (χ1) is 16.5. The van der Waals surface area contributed by atoms with E-state index in [9.17, 15) is 28.4 Å². The van der Waals surface area contributed by atoms with E-state index in [1.807, 2.05) is 4.98 Å². The van der Waals surface area contributed by atoms with Crippen LogP contribution in [0.25, 0.3) is 0 Å². The SMILES string of the molecule is CC(C)OC(=O)[C@H](C)N[P@@](=O)(OC[C@H]1O[C@@H](n2ccc(=O)[nH]c2=O)C(F)C1O)Oc1ccccc1. The van der Waals surface area contributed by atoms with Gasteiger partial charge in [0.05, 0.1) is 12.7 Å². The molecular formula is C21H27FN3O9P. The number of carbonyl (C=O) groups is 1. The van der Waals surface area contributed by atoms with Crippen LogP contribution in [-0.2, 0) is 23.4 Å². The monoisotopic (exact) mass is 515 g/mol. The number of nitrogens with zero attached hydrogens (tertiary/aromatic N) is 1. The van der Waals surface area contributed by atoms with Crippen molar-refractivity contribution < 1.29 is 37.4 Å². The summed E-state index contributed by atoms with van der Waals surface area (Å²) in [6.45, 7) is 4.07. The number of ether oxygens (including phenoxy) is 2. The Balaban J connectivity index is 1.75. The Morgan fingerprint density at radius 2 is 1.94 bits per heavy atom. The predicted octanol–water partition coefficient (Wildman–Crippen LogP) is 1.27. The molecule has 1 aliphatic rings. The molecule has 1 aromatic heterocycles. The molecule has 1 saturated heterocycles. The van der Waals surface area contributed by atoms with Gasteiger partial charge in [-0.3, -0.25) is 23.7 Å². The molecule has 0 aliphatic carbocycles. The third kappa shape index (κ3) is 6.86. The first-order valence-corrected chi connectivity index (χ1v) is 12.3. The average Bonchev–Trinajstić information content (AvgIpc) is 3.06. The number of esters is 1. The minimum Gasteiger partial charge on any atom is -0.462 e. The van der Waals surface area contributed by atoms with Crippen LogP contribution >= 0.6 is 7.75 Å². The number of halogens is 1. The van der Waals surface area contributed by atoms with Crippen molar-refractivity contribution in [3.63, 3.8) is 0 Å². The fourth-order valence-electron chi connectivity index (χ4n) is 3.20. The second kappa shape index (κ2) is 11.3. The molecule has 192 valence electrons. The van der Waals surface area contributed by atoms with Crippen molar-refractivity contribution in [1.82, 2.24) is 14.6 Å². The van der Waals surface area contributed by atoms with Crippen LogP contribution < -0.4 is 20.9 Å². The maximum Gasteiger partial charge on any atom is 0.459 e. The summed E-state index contributed by atoms with van der Waals surface area (Å²) in [4.78, 5) is 37.4. The number of para-hydroxylation sites is 1. The molecule has 14 heteroatoms. The molecule has 0 saturated carbocycles. The Hall–Kier alpha value is -2.83. The van der Waals surface area contributed by atoms with Gasteiger partial charge in [0.1, 0.15) is 24.0 Å². The van der Waals surface area contributed by atoms with Gasteiger partial charge in [0, 0.05) is 12.3 Å². The second-order valence-electron chi connectivity index (χ2n) is 8.05. The summed E-state index contributed by atoms with van der Waals surface area (Å²) in [6, 6.07) is 7.86. The van der Waals surface area contributed by atoms with Gasteiger partial charge in [-0.15, -0.1) is 0 Å². The van der Waals surface area contributed by atoms with E-state index < -0.39 is 68.3 Å². The molecule has 3 rings (SSSR count). The minimum absolute atomic E-state index is 0.154. The Morgan fingerprint density at radius 3 is 2.57 bits per heavy atom. The molecule has 1 aromatic carbocycles. The molecule has 6 atom stereocenters. The smallest absolute Gasteiger partial charge is 0.459 e. The summed E-state index contributed by atoms with van der Waals surface area (Å²) < 4.78 is 50.4. The number of aromatic nitrogens is 2. The quantitative estimate of drug-likeness (QED) is 0.311. The highest BCUT2D eigenvalue weighted by molar-refractivity contribution is 7.52. The third-order valence-electron chi connectivity index (χ3n) is 4.85. The maximum absolute atomic E-state index is 14.7. The van der Waals surface area contributed by atoms with Gasteiger partial charge in [0.15, 0.2) is 12.4 Å². The van der Waals surface area contributed by atoms with E-state index in [4.69, 9.17) is 18.5 Å². The number of rotatable bonds is 10. The van der Waals surface area contributed by atoms with Crippen molar-refractivity contribution in [3.8, 4) is 5.75 Å². The molecule has 3 N–H and O–H groups in total. The van der Waals surface area contributed by atoms with Crippen LogP contribution in [-0.4, -0.2) is 57.8 Å². The van der Waals surface area contributed by atoms with Gasteiger partial charge in [-0.2, -0.15) is 5.09 Å². The fourth-order valence-corrected chi connectivity index (χ4v) is 4.70. The topological polar surface area (TPSA) is 158 Å². The molecule has 2 aromatic rings. The van der Waals surface area contributed by atoms with E-state index in [1.54, 1.807) is 32.0 Å². The van der Waals surface area contributed by atoms with E-state index in [2.05, 4.69) is 5.09 Å². The highest BCUT2D eigenvalue weighted by Crippen LogP contribution is 2.46. The second-order valence-corrected chi connectivity index (χ2v) is 9.75. The average molecular weight is 515 g/mol. The summed E-state index contributed by atoms with van der Waals surface area (Å²) in [5, 5.41) is 12.8. The van der Waals surface area contributed by atoms with Crippen molar-refractivity contribution in [2.45, 2.75) is 57.5 Å². The highest BCUT2D eigenvalue weighted by Gasteiger charge is 2.47. The lowest BCUT2D eigenvalue weighted by atomic mass is 10.1. The normalized spacial score (nSPS) is 24.6. The lowest BCUT2D eigenvalue weighted by Gasteiger charge is -2.25. The molecule has 2 heterocycles. The lowest BCUT2D eigenvalue weighted by molar-refractivity contribution is -0.149. The number of nitrogens with one attached hydrogen (secondary N) is 2. The largest absolute Gasteiger partial charge is 0.462 e. The summed E-state index contributed by atoms with van der Waals surface area (Å²) in [6.07, 6.45) is -6.13. The molecule has 0 radical (unpaired) electrons. The molecule has 1 aliphatic heterocycles. The summed E-state index contributed by atoms with van der Waals surface area (Å²) in [7, 11) is -4.28. The van der Waals surface area contributed by atoms with Crippen LogP contribution in [0.5, 0.6) is 5.75 Å². The van der Waals surface area contributed by atoms with E-state index in [-0.39, 0.29) is 5.75 Å².